The first kappa shape index (κ1) is 65.1. The second-order valence-electron chi connectivity index (χ2n) is 17.7. The molecule has 6 heterocycles. The van der Waals surface area contributed by atoms with Crippen molar-refractivity contribution in [3.8, 4) is 5.75 Å². The molecule has 0 aliphatic carbocycles. The highest BCUT2D eigenvalue weighted by molar-refractivity contribution is 7.05. The number of carbonyl (C=O) groups is 2. The van der Waals surface area contributed by atoms with E-state index in [4.69, 9.17) is 18.9 Å². The normalized spacial score (nSPS) is 11.1. The van der Waals surface area contributed by atoms with Crippen LogP contribution in [0, 0.1) is 31.6 Å². The second-order valence-corrected chi connectivity index (χ2v) is 19.1. The molecule has 5 aromatic heterocycles. The van der Waals surface area contributed by atoms with Crippen LogP contribution in [0.15, 0.2) is 67.0 Å². The van der Waals surface area contributed by atoms with Crippen molar-refractivity contribution in [2.24, 2.45) is 22.7 Å². The maximum Gasteiger partial charge on any atom is 0.281 e. The summed E-state index contributed by atoms with van der Waals surface area (Å²) in [6.45, 7) is 39.3. The first-order valence-electron chi connectivity index (χ1n) is 22.8. The fourth-order valence-electron chi connectivity index (χ4n) is 4.32. The lowest BCUT2D eigenvalue weighted by Gasteiger charge is -2.01. The first-order valence-corrected chi connectivity index (χ1v) is 24.3. The first-order chi connectivity index (χ1) is 32.1. The van der Waals surface area contributed by atoms with Gasteiger partial charge in [0, 0.05) is 77.8 Å². The van der Waals surface area contributed by atoms with E-state index in [2.05, 4.69) is 109 Å². The Morgan fingerprint density at radius 2 is 1.32 bits per heavy atom. The number of hydroxylamine groups is 1. The molecule has 0 saturated carbocycles. The van der Waals surface area contributed by atoms with Crippen LogP contribution in [0.4, 0.5) is 0 Å². The molecule has 5 aromatic rings. The molecule has 6 N–H and O–H groups in total. The summed E-state index contributed by atoms with van der Waals surface area (Å²) in [5.41, 5.74) is 5.51. The average molecular weight is 1000 g/mol. The van der Waals surface area contributed by atoms with E-state index in [1.54, 1.807) is 25.6 Å². The number of aliphatic imine (C=N–C) groups is 1. The number of nitrogens with one attached hydrogen (secondary N) is 5. The molecule has 2 amide bonds. The molecule has 0 radical (unpaired) electrons. The van der Waals surface area contributed by atoms with Gasteiger partial charge >= 0.3 is 0 Å². The van der Waals surface area contributed by atoms with E-state index in [9.17, 15) is 19.2 Å². The molecule has 388 valence electrons. The number of nitrogens with zero attached hydrogens (tertiary/aromatic N) is 6. The Labute approximate surface area is 417 Å². The van der Waals surface area contributed by atoms with E-state index in [-0.39, 0.29) is 52.2 Å². The van der Waals surface area contributed by atoms with Gasteiger partial charge in [0.15, 0.2) is 5.75 Å². The minimum Gasteiger partial charge on any atom is -0.502 e. The standard InChI is InChI=1S/C8H10O3.C7H11NO.C7H11NS.C6H10N2O.C5H9N3.C5H8N2OS.2C5H11NO/c1-5(2)6-3-11-4-7(9)8(6)10;2*1-5(2)7-4-6(3)8-9-7;1-4(2)6-7-5(3)9-8-6;1-4(2)5-6-3-7-8-5;1-3(2)4-5(8)7-9-6-4;2*1-4(2)5(7)6-3/h3-5,9H,1-2H3;2*4-5H,1-3H3;4H,3H2,1-2H3,(H,7,8);3-4H,1-2H3,(H,6,7,8);3H,1-2H3,(H,7,8);2*4H,1-3H3,(H,6,7). The van der Waals surface area contributed by atoms with Gasteiger partial charge in [-0.3, -0.25) is 28.7 Å². The predicted octanol–water partition coefficient (Wildman–Crippen LogP) is 9.86. The van der Waals surface area contributed by atoms with Gasteiger partial charge in [0.25, 0.3) is 5.56 Å². The van der Waals surface area contributed by atoms with E-state index in [1.165, 1.54) is 17.5 Å². The highest BCUT2D eigenvalue weighted by atomic mass is 32.1. The topological polar surface area (TPSA) is 268 Å². The van der Waals surface area contributed by atoms with Gasteiger partial charge in [0.2, 0.25) is 23.1 Å². The van der Waals surface area contributed by atoms with Crippen LogP contribution in [0.5, 0.6) is 5.75 Å². The lowest BCUT2D eigenvalue weighted by Crippen LogP contribution is -2.22. The van der Waals surface area contributed by atoms with E-state index >= 15 is 0 Å². The number of hydrogen-bond donors (Lipinski definition) is 6. The number of amides is 2. The Kier molecular flexibility index (Phi) is 33.2. The molecule has 0 spiro atoms. The Morgan fingerprint density at radius 1 is 0.739 bits per heavy atom. The van der Waals surface area contributed by atoms with Crippen LogP contribution in [-0.4, -0.2) is 70.3 Å². The van der Waals surface area contributed by atoms with Gasteiger partial charge in [-0.2, -0.15) is 18.8 Å². The lowest BCUT2D eigenvalue weighted by molar-refractivity contribution is -0.124. The van der Waals surface area contributed by atoms with Crippen molar-refractivity contribution in [1.82, 2.24) is 49.6 Å². The predicted molar refractivity (Wildman–Crippen MR) is 278 cm³/mol. The monoisotopic (exact) mass is 1000 g/mol. The zero-order chi connectivity index (χ0) is 53.6. The number of aromatic nitrogens is 7. The number of rotatable bonds is 8. The van der Waals surface area contributed by atoms with Crippen molar-refractivity contribution in [3.63, 3.8) is 0 Å². The maximum atomic E-state index is 11.1. The lowest BCUT2D eigenvalue weighted by atomic mass is 10.1. The molecule has 0 fully saturated rings. The summed E-state index contributed by atoms with van der Waals surface area (Å²) in [4.78, 5) is 56.7. The fraction of sp³-hybridized carbons (Fsp3) is 0.583. The van der Waals surface area contributed by atoms with E-state index in [0.717, 1.165) is 46.8 Å². The molecule has 0 unspecified atom stereocenters. The van der Waals surface area contributed by atoms with Crippen LogP contribution < -0.4 is 27.1 Å². The van der Waals surface area contributed by atoms with E-state index in [1.807, 2.05) is 89.2 Å². The van der Waals surface area contributed by atoms with Gasteiger partial charge in [-0.15, -0.1) is 0 Å². The van der Waals surface area contributed by atoms with Crippen LogP contribution in [0.3, 0.4) is 0 Å². The van der Waals surface area contributed by atoms with Crippen LogP contribution in [-0.2, 0) is 14.4 Å². The largest absolute Gasteiger partial charge is 0.502 e. The molecule has 1 aliphatic heterocycles. The van der Waals surface area contributed by atoms with Crippen LogP contribution in [0.1, 0.15) is 179 Å². The molecule has 6 rings (SSSR count). The van der Waals surface area contributed by atoms with Crippen LogP contribution >= 0.6 is 23.3 Å². The Bertz CT molecular complexity index is 2240. The van der Waals surface area contributed by atoms with Crippen molar-refractivity contribution < 1.29 is 28.5 Å². The molecule has 0 bridgehead atoms. The maximum absolute atomic E-state index is 11.1. The number of aryl methyl sites for hydroxylation is 2. The van der Waals surface area contributed by atoms with Gasteiger partial charge in [-0.25, -0.2) is 10.5 Å². The van der Waals surface area contributed by atoms with Gasteiger partial charge in [-0.1, -0.05) is 116 Å². The third kappa shape index (κ3) is 28.9. The van der Waals surface area contributed by atoms with E-state index < -0.39 is 0 Å². The summed E-state index contributed by atoms with van der Waals surface area (Å²) in [5, 5.41) is 24.2. The number of hydrogen-bond acceptors (Lipinski definition) is 17. The number of H-pyrrole nitrogens is 2. The van der Waals surface area contributed by atoms with Gasteiger partial charge in [-0.05, 0) is 49.9 Å². The fourth-order valence-corrected chi connectivity index (χ4v) is 5.68. The smallest absolute Gasteiger partial charge is 0.281 e. The summed E-state index contributed by atoms with van der Waals surface area (Å²) in [6, 6.07) is 4.11. The highest BCUT2D eigenvalue weighted by Gasteiger charge is 2.12. The Morgan fingerprint density at radius 3 is 1.54 bits per heavy atom. The molecular weight excluding hydrogens is 923 g/mol. The molecule has 1 aliphatic rings. The molecule has 0 aromatic carbocycles. The number of carbonyl (C=O) groups excluding carboxylic acids is 2. The quantitative estimate of drug-likeness (QED) is 0.0845. The highest BCUT2D eigenvalue weighted by Crippen LogP contribution is 2.19. The Balaban J connectivity index is 0. The number of aromatic hydroxyl groups is 1. The molecule has 19 nitrogen and oxygen atoms in total. The minimum absolute atomic E-state index is 0.0463. The molecule has 69 heavy (non-hydrogen) atoms. The Hall–Kier alpha value is -5.96. The zero-order valence-electron chi connectivity index (χ0n) is 44.5. The third-order valence-corrected chi connectivity index (χ3v) is 10.3. The number of aromatic amines is 2. The summed E-state index contributed by atoms with van der Waals surface area (Å²) < 4.78 is 20.3. The van der Waals surface area contributed by atoms with Crippen LogP contribution in [0.25, 0.3) is 0 Å². The summed E-state index contributed by atoms with van der Waals surface area (Å²) >= 11 is 2.71. The van der Waals surface area contributed by atoms with Crippen molar-refractivity contribution in [3.05, 3.63) is 103 Å². The zero-order valence-corrected chi connectivity index (χ0v) is 46.2. The second kappa shape index (κ2) is 35.2. The number of amidine groups is 1. The van der Waals surface area contributed by atoms with Crippen molar-refractivity contribution in [1.29, 1.82) is 0 Å². The SMILES string of the molecule is C=C1N=C(C(C)C)NO1.CC(C)c1cocc(O)c1=O.CC(C)c1ncn[nH]1.CC(C)c1ns[nH]c1=O.CNC(=O)C(C)C.CNC(=O)C(C)C.Cc1cc(C(C)C)on1.Cc1cc(C(C)C)sn1. The van der Waals surface area contributed by atoms with Gasteiger partial charge in [0.1, 0.15) is 35.7 Å². The molecular formula is C48H81N11O8S2. The molecule has 0 atom stereocenters. The van der Waals surface area contributed by atoms with Gasteiger partial charge < -0.3 is 29.5 Å². The average Bonchev–Trinajstić information content (AvgIpc) is 4.15. The van der Waals surface area contributed by atoms with Crippen LogP contribution in [0.2, 0.25) is 0 Å². The van der Waals surface area contributed by atoms with Crippen molar-refractivity contribution in [2.75, 3.05) is 14.1 Å². The summed E-state index contributed by atoms with van der Waals surface area (Å²) in [6.07, 6.45) is 3.93. The van der Waals surface area contributed by atoms with Crippen molar-refractivity contribution >= 4 is 40.9 Å². The molecule has 21 heteroatoms. The minimum atomic E-state index is -0.341. The summed E-state index contributed by atoms with van der Waals surface area (Å²) in [5.74, 6) is 5.55. The summed E-state index contributed by atoms with van der Waals surface area (Å²) in [7, 11) is 3.28. The van der Waals surface area contributed by atoms with Crippen molar-refractivity contribution in [2.45, 2.75) is 154 Å². The third-order valence-electron chi connectivity index (χ3n) is 8.57. The van der Waals surface area contributed by atoms with E-state index in [0.29, 0.717) is 40.8 Å². The van der Waals surface area contributed by atoms with Gasteiger partial charge in [0.05, 0.1) is 17.7 Å². The molecule has 0 saturated heterocycles.